The fourth-order valence-corrected chi connectivity index (χ4v) is 2.76. The van der Waals surface area contributed by atoms with Crippen molar-refractivity contribution in [3.8, 4) is 17.2 Å². The van der Waals surface area contributed by atoms with E-state index < -0.39 is 22.0 Å². The highest BCUT2D eigenvalue weighted by Crippen LogP contribution is 2.45. The van der Waals surface area contributed by atoms with Crippen LogP contribution < -0.4 is 5.43 Å². The monoisotopic (exact) mass is 326 g/mol. The summed E-state index contributed by atoms with van der Waals surface area (Å²) in [5.74, 6) is -1.26. The van der Waals surface area contributed by atoms with E-state index in [2.05, 4.69) is 0 Å². The van der Waals surface area contributed by atoms with Crippen LogP contribution in [0.5, 0.6) is 17.2 Å². The van der Waals surface area contributed by atoms with Crippen LogP contribution in [0.15, 0.2) is 21.3 Å². The molecule has 0 fully saturated rings. The summed E-state index contributed by atoms with van der Waals surface area (Å²) >= 11 is 11.7. The molecule has 0 aliphatic rings. The Morgan fingerprint density at radius 1 is 1.00 bits per heavy atom. The number of phenols is 3. The first kappa shape index (κ1) is 13.9. The van der Waals surface area contributed by atoms with Gasteiger partial charge in [0.2, 0.25) is 5.43 Å². The highest BCUT2D eigenvalue weighted by atomic mass is 35.5. The normalized spacial score (nSPS) is 11.4. The SMILES string of the molecule is Cc1cc(O)cc2oc3c(Cl)c(O)c(Cl)c(O)c3c(=O)c12. The molecule has 2 aromatic carbocycles. The van der Waals surface area contributed by atoms with E-state index in [9.17, 15) is 20.1 Å². The molecule has 5 nitrogen and oxygen atoms in total. The fourth-order valence-electron chi connectivity index (χ4n) is 2.29. The molecular formula is C14H8Cl2O5. The number of halogens is 2. The van der Waals surface area contributed by atoms with Gasteiger partial charge < -0.3 is 19.7 Å². The van der Waals surface area contributed by atoms with Crippen LogP contribution in [0.3, 0.4) is 0 Å². The summed E-state index contributed by atoms with van der Waals surface area (Å²) in [6.45, 7) is 1.62. The van der Waals surface area contributed by atoms with Gasteiger partial charge in [0.05, 0.1) is 5.39 Å². The zero-order chi connectivity index (χ0) is 15.5. The van der Waals surface area contributed by atoms with E-state index in [1.807, 2.05) is 0 Å². The lowest BCUT2D eigenvalue weighted by molar-refractivity contribution is 0.453. The van der Waals surface area contributed by atoms with Gasteiger partial charge in [-0.3, -0.25) is 4.79 Å². The van der Waals surface area contributed by atoms with Crippen LogP contribution in [0.4, 0.5) is 0 Å². The lowest BCUT2D eigenvalue weighted by Gasteiger charge is -2.09. The molecular weight excluding hydrogens is 319 g/mol. The molecule has 0 amide bonds. The summed E-state index contributed by atoms with van der Waals surface area (Å²) in [6.07, 6.45) is 0. The van der Waals surface area contributed by atoms with E-state index in [1.54, 1.807) is 6.92 Å². The van der Waals surface area contributed by atoms with Crippen molar-refractivity contribution < 1.29 is 19.7 Å². The van der Waals surface area contributed by atoms with Gasteiger partial charge in [-0.15, -0.1) is 0 Å². The first-order valence-corrected chi connectivity index (χ1v) is 6.57. The summed E-state index contributed by atoms with van der Waals surface area (Å²) in [7, 11) is 0. The van der Waals surface area contributed by atoms with Crippen molar-refractivity contribution in [3.05, 3.63) is 38.0 Å². The third-order valence-electron chi connectivity index (χ3n) is 3.24. The van der Waals surface area contributed by atoms with Crippen LogP contribution in [-0.4, -0.2) is 15.3 Å². The Morgan fingerprint density at radius 2 is 1.67 bits per heavy atom. The summed E-state index contributed by atoms with van der Waals surface area (Å²) in [6, 6.07) is 2.65. The zero-order valence-corrected chi connectivity index (χ0v) is 12.1. The average Bonchev–Trinajstić information content (AvgIpc) is 2.41. The number of benzene rings is 2. The Labute approximate surface area is 127 Å². The molecule has 1 aromatic heterocycles. The minimum atomic E-state index is -0.600. The molecule has 0 saturated carbocycles. The number of phenolic OH excluding ortho intramolecular Hbond substituents is 3. The molecule has 3 aromatic rings. The van der Waals surface area contributed by atoms with Gasteiger partial charge >= 0.3 is 0 Å². The molecule has 7 heteroatoms. The summed E-state index contributed by atoms with van der Waals surface area (Å²) in [5, 5.41) is 28.6. The summed E-state index contributed by atoms with van der Waals surface area (Å²) < 4.78 is 5.47. The smallest absolute Gasteiger partial charge is 0.204 e. The number of hydrogen-bond acceptors (Lipinski definition) is 5. The van der Waals surface area contributed by atoms with Crippen LogP contribution in [0, 0.1) is 6.92 Å². The molecule has 0 spiro atoms. The third kappa shape index (κ3) is 1.81. The highest BCUT2D eigenvalue weighted by Gasteiger charge is 2.23. The number of aromatic hydroxyl groups is 3. The van der Waals surface area contributed by atoms with Gasteiger partial charge in [-0.05, 0) is 18.6 Å². The Balaban J connectivity index is 2.71. The molecule has 0 radical (unpaired) electrons. The molecule has 0 bridgehead atoms. The van der Waals surface area contributed by atoms with Gasteiger partial charge in [0, 0.05) is 6.07 Å². The first-order valence-electron chi connectivity index (χ1n) is 5.82. The molecule has 0 aliphatic carbocycles. The largest absolute Gasteiger partial charge is 0.508 e. The number of aryl methyl sites for hydroxylation is 1. The van der Waals surface area contributed by atoms with Gasteiger partial charge in [-0.1, -0.05) is 23.2 Å². The van der Waals surface area contributed by atoms with Crippen molar-refractivity contribution in [2.24, 2.45) is 0 Å². The van der Waals surface area contributed by atoms with Crippen molar-refractivity contribution in [1.82, 2.24) is 0 Å². The first-order chi connectivity index (χ1) is 9.82. The Morgan fingerprint density at radius 3 is 2.33 bits per heavy atom. The second kappa shape index (κ2) is 4.44. The minimum Gasteiger partial charge on any atom is -0.508 e. The molecule has 0 unspecified atom stereocenters. The lowest BCUT2D eigenvalue weighted by atomic mass is 10.1. The van der Waals surface area contributed by atoms with Crippen molar-refractivity contribution in [2.75, 3.05) is 0 Å². The third-order valence-corrected chi connectivity index (χ3v) is 3.95. The zero-order valence-electron chi connectivity index (χ0n) is 10.6. The van der Waals surface area contributed by atoms with E-state index in [0.717, 1.165) is 0 Å². The predicted molar refractivity (Wildman–Crippen MR) is 79.7 cm³/mol. The van der Waals surface area contributed by atoms with Crippen LogP contribution in [0.2, 0.25) is 10.0 Å². The quantitative estimate of drug-likeness (QED) is 0.548. The average molecular weight is 327 g/mol. The van der Waals surface area contributed by atoms with E-state index in [4.69, 9.17) is 27.6 Å². The predicted octanol–water partition coefficient (Wildman–Crippen LogP) is 3.68. The summed E-state index contributed by atoms with van der Waals surface area (Å²) in [5.41, 5.74) is -0.183. The highest BCUT2D eigenvalue weighted by molar-refractivity contribution is 6.41. The van der Waals surface area contributed by atoms with Gasteiger partial charge in [-0.25, -0.2) is 0 Å². The molecule has 1 heterocycles. The molecule has 108 valence electrons. The lowest BCUT2D eigenvalue weighted by Crippen LogP contribution is -2.05. The van der Waals surface area contributed by atoms with E-state index in [-0.39, 0.29) is 32.7 Å². The standard InChI is InChI=1S/C14H8Cl2O5/c1-4-2-5(17)3-6-7(4)11(18)8-12(19)9(15)13(20)10(16)14(8)21-6/h2-3,17,19-20H,1H3. The Kier molecular flexibility index (Phi) is 2.93. The summed E-state index contributed by atoms with van der Waals surface area (Å²) in [4.78, 5) is 12.6. The van der Waals surface area contributed by atoms with Crippen LogP contribution in [0.1, 0.15) is 5.56 Å². The fraction of sp³-hybridized carbons (Fsp3) is 0.0714. The second-order valence-corrected chi connectivity index (χ2v) is 5.35. The molecule has 0 saturated heterocycles. The van der Waals surface area contributed by atoms with Crippen LogP contribution >= 0.6 is 23.2 Å². The van der Waals surface area contributed by atoms with Gasteiger partial charge in [-0.2, -0.15) is 0 Å². The second-order valence-electron chi connectivity index (χ2n) is 4.60. The minimum absolute atomic E-state index is 0.0824. The number of rotatable bonds is 0. The number of fused-ring (bicyclic) bond motifs is 2. The van der Waals surface area contributed by atoms with E-state index in [1.165, 1.54) is 12.1 Å². The van der Waals surface area contributed by atoms with Crippen molar-refractivity contribution in [3.63, 3.8) is 0 Å². The van der Waals surface area contributed by atoms with Crippen LogP contribution in [0.25, 0.3) is 21.9 Å². The topological polar surface area (TPSA) is 90.9 Å². The molecule has 0 aliphatic heterocycles. The van der Waals surface area contributed by atoms with Crippen molar-refractivity contribution in [1.29, 1.82) is 0 Å². The molecule has 3 N–H and O–H groups in total. The Hall–Kier alpha value is -2.11. The maximum atomic E-state index is 12.6. The molecule has 0 atom stereocenters. The molecule has 21 heavy (non-hydrogen) atoms. The molecule has 3 rings (SSSR count). The van der Waals surface area contributed by atoms with E-state index >= 15 is 0 Å². The van der Waals surface area contributed by atoms with Gasteiger partial charge in [0.25, 0.3) is 0 Å². The maximum absolute atomic E-state index is 12.6. The number of hydrogen-bond donors (Lipinski definition) is 3. The van der Waals surface area contributed by atoms with Crippen molar-refractivity contribution >= 4 is 45.1 Å². The maximum Gasteiger partial charge on any atom is 0.204 e. The Bertz CT molecular complexity index is 975. The van der Waals surface area contributed by atoms with Gasteiger partial charge in [0.1, 0.15) is 26.8 Å². The van der Waals surface area contributed by atoms with Gasteiger partial charge in [0.15, 0.2) is 17.1 Å². The van der Waals surface area contributed by atoms with E-state index in [0.29, 0.717) is 5.56 Å². The van der Waals surface area contributed by atoms with Crippen molar-refractivity contribution in [2.45, 2.75) is 6.92 Å². The van der Waals surface area contributed by atoms with Crippen LogP contribution in [-0.2, 0) is 0 Å².